The average Bonchev–Trinajstić information content (AvgIpc) is 2.91. The van der Waals surface area contributed by atoms with Gasteiger partial charge >= 0.3 is 5.97 Å². The summed E-state index contributed by atoms with van der Waals surface area (Å²) in [6.45, 7) is 2.08. The Labute approximate surface area is 211 Å². The molecule has 0 aromatic heterocycles. The first-order valence-electron chi connectivity index (χ1n) is 12.0. The van der Waals surface area contributed by atoms with Crippen molar-refractivity contribution in [3.63, 3.8) is 0 Å². The van der Waals surface area contributed by atoms with Crippen molar-refractivity contribution in [1.29, 1.82) is 0 Å². The quantitative estimate of drug-likeness (QED) is 0.405. The molecule has 7 heteroatoms. The summed E-state index contributed by atoms with van der Waals surface area (Å²) in [6.07, 6.45) is -4.24. The second-order valence-corrected chi connectivity index (χ2v) is 8.65. The largest absolute Gasteiger partial charge is 0.463 e. The summed E-state index contributed by atoms with van der Waals surface area (Å²) in [5.74, 6) is -0.445. The Kier molecular flexibility index (Phi) is 9.61. The van der Waals surface area contributed by atoms with Gasteiger partial charge in [-0.2, -0.15) is 0 Å². The monoisotopic (exact) mass is 492 g/mol. The molecule has 7 nitrogen and oxygen atoms in total. The summed E-state index contributed by atoms with van der Waals surface area (Å²) in [5.41, 5.74) is 2.90. The zero-order valence-electron chi connectivity index (χ0n) is 20.3. The average molecular weight is 493 g/mol. The second kappa shape index (κ2) is 13.3. The maximum atomic E-state index is 11.5. The summed E-state index contributed by atoms with van der Waals surface area (Å²) >= 11 is 0. The molecule has 0 amide bonds. The van der Waals surface area contributed by atoms with Crippen molar-refractivity contribution in [1.82, 2.24) is 0 Å². The third-order valence-electron chi connectivity index (χ3n) is 5.92. The van der Waals surface area contributed by atoms with Crippen LogP contribution < -0.4 is 0 Å². The van der Waals surface area contributed by atoms with Crippen LogP contribution in [-0.2, 0) is 48.3 Å². The molecule has 0 saturated carbocycles. The molecule has 0 bridgehead atoms. The zero-order chi connectivity index (χ0) is 25.2. The summed E-state index contributed by atoms with van der Waals surface area (Å²) in [5, 5.41) is 10.9. The molecular formula is C29H32O7. The minimum Gasteiger partial charge on any atom is -0.463 e. The molecule has 0 spiro atoms. The molecule has 190 valence electrons. The van der Waals surface area contributed by atoms with E-state index in [9.17, 15) is 9.90 Å². The van der Waals surface area contributed by atoms with Gasteiger partial charge in [0.05, 0.1) is 19.8 Å². The molecule has 1 fully saturated rings. The van der Waals surface area contributed by atoms with Crippen LogP contribution in [0.4, 0.5) is 0 Å². The SMILES string of the molecule is CC(=O)OCC1O[C@H](O)[C@@H](OCc2ccccc2)[C@@H](OCc2ccccc2)[C@@H]1OCc1ccccc1. The minimum absolute atomic E-state index is 0.0809. The third-order valence-corrected chi connectivity index (χ3v) is 5.92. The molecule has 5 atom stereocenters. The number of aliphatic hydroxyl groups is 1. The lowest BCUT2D eigenvalue weighted by atomic mass is 9.98. The first-order valence-corrected chi connectivity index (χ1v) is 12.0. The van der Waals surface area contributed by atoms with Crippen molar-refractivity contribution in [2.75, 3.05) is 6.61 Å². The van der Waals surface area contributed by atoms with Gasteiger partial charge in [0.2, 0.25) is 0 Å². The van der Waals surface area contributed by atoms with Crippen molar-refractivity contribution in [2.24, 2.45) is 0 Å². The molecule has 1 N–H and O–H groups in total. The Hall–Kier alpha value is -3.07. The van der Waals surface area contributed by atoms with Crippen molar-refractivity contribution in [3.05, 3.63) is 108 Å². The van der Waals surface area contributed by atoms with Gasteiger partial charge in [-0.3, -0.25) is 4.79 Å². The Balaban J connectivity index is 1.57. The van der Waals surface area contributed by atoms with Crippen molar-refractivity contribution < 1.29 is 33.6 Å². The normalized spacial score (nSPS) is 23.8. The predicted molar refractivity (Wildman–Crippen MR) is 133 cm³/mol. The number of rotatable bonds is 11. The Morgan fingerprint density at radius 3 is 1.56 bits per heavy atom. The minimum atomic E-state index is -1.30. The van der Waals surface area contributed by atoms with Crippen LogP contribution in [0, 0.1) is 0 Å². The van der Waals surface area contributed by atoms with E-state index >= 15 is 0 Å². The number of benzene rings is 3. The number of hydrogen-bond acceptors (Lipinski definition) is 7. The second-order valence-electron chi connectivity index (χ2n) is 8.65. The van der Waals surface area contributed by atoms with Gasteiger partial charge in [0.15, 0.2) is 6.29 Å². The molecule has 1 aliphatic heterocycles. The van der Waals surface area contributed by atoms with Gasteiger partial charge in [-0.05, 0) is 16.7 Å². The smallest absolute Gasteiger partial charge is 0.302 e. The van der Waals surface area contributed by atoms with E-state index < -0.39 is 36.7 Å². The number of aliphatic hydroxyl groups excluding tert-OH is 1. The highest BCUT2D eigenvalue weighted by atomic mass is 16.7. The van der Waals surface area contributed by atoms with Crippen LogP contribution in [0.25, 0.3) is 0 Å². The van der Waals surface area contributed by atoms with Gasteiger partial charge in [-0.1, -0.05) is 91.0 Å². The summed E-state index contributed by atoms with van der Waals surface area (Å²) in [7, 11) is 0. The van der Waals surface area contributed by atoms with Gasteiger partial charge in [0.25, 0.3) is 0 Å². The first kappa shape index (κ1) is 26.0. The van der Waals surface area contributed by atoms with E-state index in [1.807, 2.05) is 91.0 Å². The van der Waals surface area contributed by atoms with E-state index in [0.29, 0.717) is 0 Å². The molecule has 1 heterocycles. The fourth-order valence-corrected chi connectivity index (χ4v) is 4.10. The van der Waals surface area contributed by atoms with Gasteiger partial charge in [-0.15, -0.1) is 0 Å². The lowest BCUT2D eigenvalue weighted by molar-refractivity contribution is -0.315. The molecule has 0 aliphatic carbocycles. The van der Waals surface area contributed by atoms with Gasteiger partial charge in [0, 0.05) is 6.92 Å². The van der Waals surface area contributed by atoms with E-state index in [1.165, 1.54) is 6.92 Å². The molecule has 36 heavy (non-hydrogen) atoms. The van der Waals surface area contributed by atoms with E-state index in [-0.39, 0.29) is 26.4 Å². The third kappa shape index (κ3) is 7.46. The first-order chi connectivity index (χ1) is 17.6. The standard InChI is InChI=1S/C29H32O7/c1-21(30)32-20-25-26(33-17-22-11-5-2-6-12-22)27(34-18-23-13-7-3-8-14-23)28(29(31)36-25)35-19-24-15-9-4-10-16-24/h2-16,25-29,31H,17-20H2,1H3/t25?,26-,27+,28+,29+/m1/s1. The molecule has 4 rings (SSSR count). The molecule has 1 unspecified atom stereocenters. The van der Waals surface area contributed by atoms with E-state index in [0.717, 1.165) is 16.7 Å². The Bertz CT molecular complexity index is 1040. The predicted octanol–water partition coefficient (Wildman–Crippen LogP) is 4.02. The van der Waals surface area contributed by atoms with Crippen molar-refractivity contribution in [3.8, 4) is 0 Å². The van der Waals surface area contributed by atoms with Crippen LogP contribution in [0.2, 0.25) is 0 Å². The maximum Gasteiger partial charge on any atom is 0.302 e. The van der Waals surface area contributed by atoms with Gasteiger partial charge < -0.3 is 28.8 Å². The Morgan fingerprint density at radius 1 is 0.694 bits per heavy atom. The van der Waals surface area contributed by atoms with E-state index in [1.54, 1.807) is 0 Å². The summed E-state index contributed by atoms with van der Waals surface area (Å²) in [4.78, 5) is 11.5. The molecule has 0 radical (unpaired) electrons. The number of ether oxygens (including phenoxy) is 5. The molecular weight excluding hydrogens is 460 g/mol. The van der Waals surface area contributed by atoms with Gasteiger partial charge in [0.1, 0.15) is 31.0 Å². The maximum absolute atomic E-state index is 11.5. The topological polar surface area (TPSA) is 83.5 Å². The fourth-order valence-electron chi connectivity index (χ4n) is 4.10. The van der Waals surface area contributed by atoms with Crippen LogP contribution in [0.5, 0.6) is 0 Å². The van der Waals surface area contributed by atoms with Crippen LogP contribution >= 0.6 is 0 Å². The lowest BCUT2D eigenvalue weighted by Gasteiger charge is -2.44. The number of carbonyl (C=O) groups excluding carboxylic acids is 1. The lowest BCUT2D eigenvalue weighted by Crippen LogP contribution is -2.61. The highest BCUT2D eigenvalue weighted by Gasteiger charge is 2.48. The van der Waals surface area contributed by atoms with Crippen LogP contribution in [0.1, 0.15) is 23.6 Å². The fraction of sp³-hybridized carbons (Fsp3) is 0.345. The van der Waals surface area contributed by atoms with Crippen molar-refractivity contribution >= 4 is 5.97 Å². The highest BCUT2D eigenvalue weighted by molar-refractivity contribution is 5.65. The van der Waals surface area contributed by atoms with E-state index in [4.69, 9.17) is 23.7 Å². The zero-order valence-corrected chi connectivity index (χ0v) is 20.3. The van der Waals surface area contributed by atoms with Crippen molar-refractivity contribution in [2.45, 2.75) is 57.5 Å². The Morgan fingerprint density at radius 2 is 1.11 bits per heavy atom. The number of carbonyl (C=O) groups is 1. The highest BCUT2D eigenvalue weighted by Crippen LogP contribution is 2.30. The molecule has 3 aromatic carbocycles. The molecule has 3 aromatic rings. The number of hydrogen-bond donors (Lipinski definition) is 1. The number of esters is 1. The summed E-state index contributed by atoms with van der Waals surface area (Å²) in [6, 6.07) is 29.2. The molecule has 1 saturated heterocycles. The van der Waals surface area contributed by atoms with Crippen LogP contribution in [0.15, 0.2) is 91.0 Å². The molecule has 1 aliphatic rings. The van der Waals surface area contributed by atoms with Crippen LogP contribution in [-0.4, -0.2) is 48.4 Å². The van der Waals surface area contributed by atoms with Crippen LogP contribution in [0.3, 0.4) is 0 Å². The van der Waals surface area contributed by atoms with E-state index in [2.05, 4.69) is 0 Å². The van der Waals surface area contributed by atoms with Gasteiger partial charge in [-0.25, -0.2) is 0 Å². The summed E-state index contributed by atoms with van der Waals surface area (Å²) < 4.78 is 29.9.